The molecule has 0 radical (unpaired) electrons. The van der Waals surface area contributed by atoms with Gasteiger partial charge in [-0.1, -0.05) is 154 Å². The number of hydrogen-bond acceptors (Lipinski definition) is 1. The first-order valence-corrected chi connectivity index (χ1v) is 18.8. The highest BCUT2D eigenvalue weighted by molar-refractivity contribution is 6.11. The van der Waals surface area contributed by atoms with Gasteiger partial charge in [-0.25, -0.2) is 0 Å². The summed E-state index contributed by atoms with van der Waals surface area (Å²) in [6, 6.07) is 72.7. The van der Waals surface area contributed by atoms with Crippen LogP contribution >= 0.6 is 0 Å². The second-order valence-corrected chi connectivity index (χ2v) is 15.1. The lowest BCUT2D eigenvalue weighted by atomic mass is 9.86. The van der Waals surface area contributed by atoms with E-state index in [-0.39, 0.29) is 5.41 Å². The summed E-state index contributed by atoms with van der Waals surface area (Å²) >= 11 is 0. The molecule has 0 saturated carbocycles. The average molecular weight is 695 g/mol. The molecular weight excluding hydrogens is 653 g/mol. The molecule has 0 fully saturated rings. The van der Waals surface area contributed by atoms with Gasteiger partial charge >= 0.3 is 0 Å². The summed E-state index contributed by atoms with van der Waals surface area (Å²) in [7, 11) is 0. The second kappa shape index (κ2) is 13.7. The largest absolute Gasteiger partial charge is 0.310 e. The summed E-state index contributed by atoms with van der Waals surface area (Å²) < 4.78 is 2.41. The predicted octanol–water partition coefficient (Wildman–Crippen LogP) is 14.6. The maximum atomic E-state index is 2.42. The van der Waals surface area contributed by atoms with E-state index < -0.39 is 0 Å². The minimum absolute atomic E-state index is 0.0304. The Balaban J connectivity index is 1.27. The molecule has 0 aliphatic rings. The molecule has 260 valence electrons. The number of fused-ring (bicyclic) bond motifs is 3. The van der Waals surface area contributed by atoms with Crippen molar-refractivity contribution in [3.63, 3.8) is 0 Å². The van der Waals surface area contributed by atoms with E-state index in [1.54, 1.807) is 0 Å². The molecule has 1 heterocycles. The van der Waals surface area contributed by atoms with Crippen LogP contribution in [0.15, 0.2) is 200 Å². The molecule has 2 heteroatoms. The highest BCUT2D eigenvalue weighted by Gasteiger charge is 2.21. The minimum Gasteiger partial charge on any atom is -0.310 e. The Morgan fingerprint density at radius 1 is 0.389 bits per heavy atom. The molecular formula is C52H42N2. The zero-order valence-corrected chi connectivity index (χ0v) is 30.9. The van der Waals surface area contributed by atoms with Crippen LogP contribution in [0.4, 0.5) is 17.1 Å². The van der Waals surface area contributed by atoms with Crippen LogP contribution in [0.2, 0.25) is 0 Å². The molecule has 0 saturated heterocycles. The molecule has 0 aliphatic carbocycles. The van der Waals surface area contributed by atoms with Crippen LogP contribution in [-0.2, 0) is 5.41 Å². The quantitative estimate of drug-likeness (QED) is 0.161. The molecule has 0 bridgehead atoms. The van der Waals surface area contributed by atoms with Crippen molar-refractivity contribution in [2.45, 2.75) is 26.2 Å². The molecule has 9 rings (SSSR count). The van der Waals surface area contributed by atoms with E-state index in [2.05, 4.69) is 230 Å². The molecule has 54 heavy (non-hydrogen) atoms. The van der Waals surface area contributed by atoms with Gasteiger partial charge in [0, 0.05) is 33.4 Å². The Morgan fingerprint density at radius 3 is 1.48 bits per heavy atom. The number of para-hydroxylation sites is 2. The summed E-state index contributed by atoms with van der Waals surface area (Å²) in [5.74, 6) is 0. The Labute approximate surface area is 318 Å². The number of rotatable bonds is 7. The number of aromatic nitrogens is 1. The van der Waals surface area contributed by atoms with Crippen LogP contribution in [0, 0.1) is 0 Å². The fourth-order valence-corrected chi connectivity index (χ4v) is 7.76. The lowest BCUT2D eigenvalue weighted by molar-refractivity contribution is 0.591. The van der Waals surface area contributed by atoms with Crippen molar-refractivity contribution in [3.8, 4) is 39.1 Å². The first kappa shape index (κ1) is 33.2. The predicted molar refractivity (Wildman–Crippen MR) is 230 cm³/mol. The highest BCUT2D eigenvalue weighted by atomic mass is 15.1. The van der Waals surface area contributed by atoms with E-state index in [1.165, 1.54) is 60.8 Å². The molecule has 0 amide bonds. The van der Waals surface area contributed by atoms with Crippen molar-refractivity contribution in [3.05, 3.63) is 206 Å². The molecule has 0 unspecified atom stereocenters. The van der Waals surface area contributed by atoms with Gasteiger partial charge in [0.25, 0.3) is 0 Å². The fraction of sp³-hybridized carbons (Fsp3) is 0.0769. The smallest absolute Gasteiger partial charge is 0.0541 e. The number of anilines is 3. The van der Waals surface area contributed by atoms with Crippen molar-refractivity contribution >= 4 is 38.9 Å². The maximum Gasteiger partial charge on any atom is 0.0541 e. The van der Waals surface area contributed by atoms with Gasteiger partial charge in [0.15, 0.2) is 0 Å². The maximum absolute atomic E-state index is 2.42. The van der Waals surface area contributed by atoms with E-state index in [4.69, 9.17) is 0 Å². The van der Waals surface area contributed by atoms with Gasteiger partial charge in [0.05, 0.1) is 16.7 Å². The number of nitrogens with zero attached hydrogens (tertiary/aromatic N) is 2. The van der Waals surface area contributed by atoms with Crippen LogP contribution in [0.25, 0.3) is 60.9 Å². The normalized spacial score (nSPS) is 11.6. The molecule has 0 atom stereocenters. The molecule has 0 N–H and O–H groups in total. The monoisotopic (exact) mass is 694 g/mol. The topological polar surface area (TPSA) is 8.17 Å². The third kappa shape index (κ3) is 6.16. The zero-order valence-electron chi connectivity index (χ0n) is 30.9. The van der Waals surface area contributed by atoms with Crippen LogP contribution in [0.3, 0.4) is 0 Å². The van der Waals surface area contributed by atoms with Gasteiger partial charge in [-0.2, -0.15) is 0 Å². The third-order valence-corrected chi connectivity index (χ3v) is 10.5. The first-order valence-electron chi connectivity index (χ1n) is 18.8. The lowest BCUT2D eigenvalue weighted by Crippen LogP contribution is -2.11. The van der Waals surface area contributed by atoms with Gasteiger partial charge < -0.3 is 9.47 Å². The molecule has 0 aliphatic heterocycles. The molecule has 9 aromatic rings. The van der Waals surface area contributed by atoms with E-state index in [1.807, 2.05) is 0 Å². The summed E-state index contributed by atoms with van der Waals surface area (Å²) in [4.78, 5) is 2.42. The standard InChI is InChI=1S/C52H42N2/c1-52(2,3)42-30-32-51-48(36-42)47-35-41(29-31-50(47)54(51)43-23-11-6-12-24-43)46-27-13-14-28-49(46)53(44-25-15-21-39(33-44)37-17-7-4-8-18-37)45-26-16-22-40(34-45)38-19-9-5-10-20-38/h4-36H,1-3H3. The van der Waals surface area contributed by atoms with Gasteiger partial charge in [-0.05, 0) is 106 Å². The van der Waals surface area contributed by atoms with Gasteiger partial charge in [-0.3, -0.25) is 0 Å². The lowest BCUT2D eigenvalue weighted by Gasteiger charge is -2.29. The molecule has 0 spiro atoms. The van der Waals surface area contributed by atoms with Crippen LogP contribution in [-0.4, -0.2) is 4.57 Å². The van der Waals surface area contributed by atoms with E-state index in [0.29, 0.717) is 0 Å². The summed E-state index contributed by atoms with van der Waals surface area (Å²) in [6.07, 6.45) is 0. The summed E-state index contributed by atoms with van der Waals surface area (Å²) in [5.41, 5.74) is 15.4. The number of benzene rings is 8. The molecule has 8 aromatic carbocycles. The van der Waals surface area contributed by atoms with Crippen molar-refractivity contribution in [2.75, 3.05) is 4.90 Å². The van der Waals surface area contributed by atoms with Crippen molar-refractivity contribution < 1.29 is 0 Å². The average Bonchev–Trinajstić information content (AvgIpc) is 3.55. The number of hydrogen-bond donors (Lipinski definition) is 0. The van der Waals surface area contributed by atoms with E-state index in [9.17, 15) is 0 Å². The van der Waals surface area contributed by atoms with Crippen molar-refractivity contribution in [1.29, 1.82) is 0 Å². The Morgan fingerprint density at radius 2 is 0.889 bits per heavy atom. The molecule has 2 nitrogen and oxygen atoms in total. The second-order valence-electron chi connectivity index (χ2n) is 15.1. The summed E-state index contributed by atoms with van der Waals surface area (Å²) in [6.45, 7) is 6.88. The van der Waals surface area contributed by atoms with Crippen molar-refractivity contribution in [2.24, 2.45) is 0 Å². The minimum atomic E-state index is 0.0304. The zero-order chi connectivity index (χ0) is 36.6. The molecule has 1 aromatic heterocycles. The van der Waals surface area contributed by atoms with Gasteiger partial charge in [-0.15, -0.1) is 0 Å². The van der Waals surface area contributed by atoms with Crippen LogP contribution in [0.5, 0.6) is 0 Å². The van der Waals surface area contributed by atoms with E-state index in [0.717, 1.165) is 22.7 Å². The van der Waals surface area contributed by atoms with E-state index >= 15 is 0 Å². The van der Waals surface area contributed by atoms with Crippen LogP contribution in [0.1, 0.15) is 26.3 Å². The first-order chi connectivity index (χ1) is 26.4. The van der Waals surface area contributed by atoms with Crippen LogP contribution < -0.4 is 4.90 Å². The Kier molecular flexibility index (Phi) is 8.44. The third-order valence-electron chi connectivity index (χ3n) is 10.5. The Bertz CT molecular complexity index is 2650. The fourth-order valence-electron chi connectivity index (χ4n) is 7.76. The van der Waals surface area contributed by atoms with Gasteiger partial charge in [0.2, 0.25) is 0 Å². The van der Waals surface area contributed by atoms with Crippen molar-refractivity contribution in [1.82, 2.24) is 4.57 Å². The Hall–Kier alpha value is -6.64. The van der Waals surface area contributed by atoms with Gasteiger partial charge in [0.1, 0.15) is 0 Å². The highest BCUT2D eigenvalue weighted by Crippen LogP contribution is 2.44. The SMILES string of the molecule is CC(C)(C)c1ccc2c(c1)c1cc(-c3ccccc3N(c3cccc(-c4ccccc4)c3)c3cccc(-c4ccccc4)c3)ccc1n2-c1ccccc1. The summed E-state index contributed by atoms with van der Waals surface area (Å²) in [5, 5.41) is 2.51.